The first kappa shape index (κ1) is 24.6. The van der Waals surface area contributed by atoms with Crippen LogP contribution < -0.4 is 10.9 Å². The molecule has 8 heteroatoms. The fourth-order valence-corrected chi connectivity index (χ4v) is 6.11. The van der Waals surface area contributed by atoms with Crippen LogP contribution in [0.25, 0.3) is 16.0 Å². The Kier molecular flexibility index (Phi) is 6.41. The summed E-state index contributed by atoms with van der Waals surface area (Å²) >= 11 is 1.74. The van der Waals surface area contributed by atoms with E-state index in [9.17, 15) is 14.4 Å². The number of ether oxygens (including phenoxy) is 2. The number of carbonyl (C=O) groups is 2. The van der Waals surface area contributed by atoms with Gasteiger partial charge in [0.15, 0.2) is 0 Å². The first-order chi connectivity index (χ1) is 17.1. The molecule has 5 rings (SSSR count). The molecule has 1 unspecified atom stereocenters. The van der Waals surface area contributed by atoms with Crippen LogP contribution in [0.15, 0.2) is 35.3 Å². The molecular formula is C28H32N2O5S. The van der Waals surface area contributed by atoms with E-state index in [4.69, 9.17) is 9.47 Å². The standard InChI is InChI=1S/C28H32N2O5S/c1-5-34-26(32)20-14-18(16-9-10-16)22-13-17(11-12-30(22)25(20)31)24-15-19-21(7-6-8-23(19)36-24)29-27(33)35-28(2,3)4/h11-16,21H,5-10H2,1-4H3,(H,29,33). The number of nitrogens with zero attached hydrogens (tertiary/aromatic N) is 1. The lowest BCUT2D eigenvalue weighted by molar-refractivity contribution is 0.0495. The summed E-state index contributed by atoms with van der Waals surface area (Å²) in [7, 11) is 0. The third kappa shape index (κ3) is 4.91. The van der Waals surface area contributed by atoms with E-state index in [1.807, 2.05) is 26.8 Å². The molecule has 7 nitrogen and oxygen atoms in total. The molecule has 1 amide bonds. The Morgan fingerprint density at radius 2 is 1.92 bits per heavy atom. The molecule has 0 saturated heterocycles. The first-order valence-electron chi connectivity index (χ1n) is 12.6. The number of nitrogens with one attached hydrogen (secondary N) is 1. The third-order valence-corrected chi connectivity index (χ3v) is 7.86. The van der Waals surface area contributed by atoms with Crippen LogP contribution in [0.5, 0.6) is 0 Å². The van der Waals surface area contributed by atoms with Crippen molar-refractivity contribution in [2.24, 2.45) is 0 Å². The van der Waals surface area contributed by atoms with Crippen molar-refractivity contribution in [3.8, 4) is 10.4 Å². The maximum absolute atomic E-state index is 13.1. The van der Waals surface area contributed by atoms with E-state index in [1.165, 1.54) is 4.88 Å². The van der Waals surface area contributed by atoms with Crippen LogP contribution in [0.2, 0.25) is 0 Å². The van der Waals surface area contributed by atoms with Crippen molar-refractivity contribution in [1.82, 2.24) is 9.72 Å². The predicted molar refractivity (Wildman–Crippen MR) is 140 cm³/mol. The van der Waals surface area contributed by atoms with Crippen LogP contribution in [-0.4, -0.2) is 28.7 Å². The minimum atomic E-state index is -0.572. The second-order valence-electron chi connectivity index (χ2n) is 10.6. The maximum Gasteiger partial charge on any atom is 0.408 e. The molecule has 0 spiro atoms. The highest BCUT2D eigenvalue weighted by molar-refractivity contribution is 7.15. The van der Waals surface area contributed by atoms with E-state index in [-0.39, 0.29) is 23.8 Å². The summed E-state index contributed by atoms with van der Waals surface area (Å²) in [5.41, 5.74) is 3.21. The van der Waals surface area contributed by atoms with Gasteiger partial charge < -0.3 is 14.8 Å². The molecule has 36 heavy (non-hydrogen) atoms. The summed E-state index contributed by atoms with van der Waals surface area (Å²) in [5, 5.41) is 3.05. The van der Waals surface area contributed by atoms with Gasteiger partial charge in [-0.1, -0.05) is 0 Å². The summed E-state index contributed by atoms with van der Waals surface area (Å²) < 4.78 is 12.2. The van der Waals surface area contributed by atoms with Crippen LogP contribution in [0.4, 0.5) is 4.79 Å². The number of alkyl carbamates (subject to hydrolysis) is 1. The lowest BCUT2D eigenvalue weighted by Gasteiger charge is -2.26. The summed E-state index contributed by atoms with van der Waals surface area (Å²) in [5.74, 6) is -0.222. The van der Waals surface area contributed by atoms with Crippen LogP contribution >= 0.6 is 11.3 Å². The predicted octanol–water partition coefficient (Wildman–Crippen LogP) is 5.98. The van der Waals surface area contributed by atoms with Gasteiger partial charge in [-0.05, 0) is 107 Å². The fraction of sp³-hybridized carbons (Fsp3) is 0.464. The van der Waals surface area contributed by atoms with Gasteiger partial charge >= 0.3 is 12.1 Å². The number of rotatable bonds is 5. The molecule has 3 aromatic rings. The van der Waals surface area contributed by atoms with Gasteiger partial charge in [0.05, 0.1) is 18.2 Å². The highest BCUT2D eigenvalue weighted by atomic mass is 32.1. The molecule has 1 fully saturated rings. The Balaban J connectivity index is 1.51. The topological polar surface area (TPSA) is 86.1 Å². The first-order valence-corrected chi connectivity index (χ1v) is 13.4. The van der Waals surface area contributed by atoms with Crippen molar-refractivity contribution in [2.45, 2.75) is 77.4 Å². The van der Waals surface area contributed by atoms with Gasteiger partial charge in [0.25, 0.3) is 5.56 Å². The molecule has 3 aromatic heterocycles. The largest absolute Gasteiger partial charge is 0.462 e. The molecule has 1 saturated carbocycles. The van der Waals surface area contributed by atoms with Crippen LogP contribution in [0.3, 0.4) is 0 Å². The number of pyridine rings is 2. The Labute approximate surface area is 214 Å². The number of esters is 1. The Bertz CT molecular complexity index is 1390. The van der Waals surface area contributed by atoms with Crippen LogP contribution in [0.1, 0.15) is 91.7 Å². The molecule has 1 N–H and O–H groups in total. The number of hydrogen-bond donors (Lipinski definition) is 1. The summed E-state index contributed by atoms with van der Waals surface area (Å²) in [6.45, 7) is 7.54. The van der Waals surface area contributed by atoms with Gasteiger partial charge in [0.1, 0.15) is 11.2 Å². The molecule has 0 aromatic carbocycles. The summed E-state index contributed by atoms with van der Waals surface area (Å²) in [6.07, 6.45) is 6.31. The van der Waals surface area contributed by atoms with Crippen molar-refractivity contribution < 1.29 is 19.1 Å². The lowest BCUT2D eigenvalue weighted by atomic mass is 9.93. The Morgan fingerprint density at radius 1 is 1.14 bits per heavy atom. The van der Waals surface area contributed by atoms with Gasteiger partial charge in [-0.15, -0.1) is 11.3 Å². The van der Waals surface area contributed by atoms with E-state index in [1.54, 1.807) is 34.9 Å². The van der Waals surface area contributed by atoms with Crippen molar-refractivity contribution in [3.05, 3.63) is 62.4 Å². The van der Waals surface area contributed by atoms with E-state index in [2.05, 4.69) is 17.4 Å². The second-order valence-corrected chi connectivity index (χ2v) is 11.7. The fourth-order valence-electron chi connectivity index (χ4n) is 4.85. The summed E-state index contributed by atoms with van der Waals surface area (Å²) in [6, 6.07) is 7.79. The monoisotopic (exact) mass is 508 g/mol. The van der Waals surface area contributed by atoms with Crippen molar-refractivity contribution in [1.29, 1.82) is 0 Å². The average molecular weight is 509 g/mol. The molecule has 2 aliphatic rings. The van der Waals surface area contributed by atoms with Gasteiger partial charge in [-0.25, -0.2) is 9.59 Å². The highest BCUT2D eigenvalue weighted by Gasteiger charge is 2.30. The van der Waals surface area contributed by atoms with Gasteiger partial charge in [-0.2, -0.15) is 0 Å². The Morgan fingerprint density at radius 3 is 2.61 bits per heavy atom. The van der Waals surface area contributed by atoms with Gasteiger partial charge in [-0.3, -0.25) is 9.20 Å². The summed E-state index contributed by atoms with van der Waals surface area (Å²) in [4.78, 5) is 40.3. The molecule has 0 aliphatic heterocycles. The zero-order chi connectivity index (χ0) is 25.6. The lowest BCUT2D eigenvalue weighted by Crippen LogP contribution is -2.35. The SMILES string of the molecule is CCOC(=O)c1cc(C2CC2)c2cc(-c3cc4c(s3)CCCC4NC(=O)OC(C)(C)C)ccn2c1=O. The van der Waals surface area contributed by atoms with E-state index in [0.717, 1.165) is 59.2 Å². The minimum Gasteiger partial charge on any atom is -0.462 e. The van der Waals surface area contributed by atoms with Crippen LogP contribution in [0, 0.1) is 0 Å². The van der Waals surface area contributed by atoms with E-state index < -0.39 is 17.7 Å². The normalized spacial score (nSPS) is 17.5. The quantitative estimate of drug-likeness (QED) is 0.428. The van der Waals surface area contributed by atoms with E-state index >= 15 is 0 Å². The number of fused-ring (bicyclic) bond motifs is 2. The zero-order valence-corrected chi connectivity index (χ0v) is 22.0. The second kappa shape index (κ2) is 9.39. The number of aromatic nitrogens is 1. The van der Waals surface area contributed by atoms with E-state index in [0.29, 0.717) is 5.92 Å². The number of thiophene rings is 1. The van der Waals surface area contributed by atoms with Crippen molar-refractivity contribution in [3.63, 3.8) is 0 Å². The minimum absolute atomic E-state index is 0.0779. The number of carbonyl (C=O) groups excluding carboxylic acids is 2. The van der Waals surface area contributed by atoms with Crippen molar-refractivity contribution >= 4 is 28.9 Å². The molecule has 2 aliphatic carbocycles. The van der Waals surface area contributed by atoms with Gasteiger partial charge in [0.2, 0.25) is 0 Å². The van der Waals surface area contributed by atoms with Crippen LogP contribution in [-0.2, 0) is 15.9 Å². The molecule has 190 valence electrons. The molecule has 0 bridgehead atoms. The highest BCUT2D eigenvalue weighted by Crippen LogP contribution is 2.44. The average Bonchev–Trinajstić information content (AvgIpc) is 3.55. The van der Waals surface area contributed by atoms with Crippen molar-refractivity contribution in [2.75, 3.05) is 6.61 Å². The molecule has 0 radical (unpaired) electrons. The molecule has 3 heterocycles. The van der Waals surface area contributed by atoms with Gasteiger partial charge in [0, 0.05) is 16.0 Å². The third-order valence-electron chi connectivity index (χ3n) is 6.60. The zero-order valence-electron chi connectivity index (χ0n) is 21.2. The smallest absolute Gasteiger partial charge is 0.408 e. The number of hydrogen-bond acceptors (Lipinski definition) is 6. The molecule has 1 atom stereocenters. The number of aryl methyl sites for hydroxylation is 1. The molecular weight excluding hydrogens is 476 g/mol. The Hall–Kier alpha value is -3.13. The number of amides is 1. The maximum atomic E-state index is 13.1.